The molecular formula is C12H21NO. The van der Waals surface area contributed by atoms with Gasteiger partial charge in [-0.2, -0.15) is 0 Å². The maximum absolute atomic E-state index is 11.8. The van der Waals surface area contributed by atoms with Gasteiger partial charge in [-0.1, -0.05) is 33.8 Å². The second kappa shape index (κ2) is 4.63. The van der Waals surface area contributed by atoms with E-state index < -0.39 is 0 Å². The van der Waals surface area contributed by atoms with Crippen molar-refractivity contribution in [2.45, 2.75) is 34.1 Å². The van der Waals surface area contributed by atoms with Crippen molar-refractivity contribution < 1.29 is 4.79 Å². The van der Waals surface area contributed by atoms with Crippen molar-refractivity contribution in [3.63, 3.8) is 0 Å². The first-order valence-electron chi connectivity index (χ1n) is 5.51. The van der Waals surface area contributed by atoms with E-state index in [0.29, 0.717) is 11.8 Å². The minimum Gasteiger partial charge on any atom is -0.319 e. The molecule has 0 N–H and O–H groups in total. The molecule has 1 aliphatic rings. The van der Waals surface area contributed by atoms with Gasteiger partial charge in [-0.05, 0) is 18.3 Å². The van der Waals surface area contributed by atoms with Gasteiger partial charge in [0.1, 0.15) is 0 Å². The van der Waals surface area contributed by atoms with E-state index in [1.165, 1.54) is 0 Å². The Morgan fingerprint density at radius 1 is 1.43 bits per heavy atom. The van der Waals surface area contributed by atoms with Crippen molar-refractivity contribution in [1.29, 1.82) is 0 Å². The predicted molar refractivity (Wildman–Crippen MR) is 58.6 cm³/mol. The largest absolute Gasteiger partial charge is 0.319 e. The molecule has 0 bridgehead atoms. The summed E-state index contributed by atoms with van der Waals surface area (Å²) in [6.07, 6.45) is 5.17. The lowest BCUT2D eigenvalue weighted by Gasteiger charge is -2.29. The first-order chi connectivity index (χ1) is 6.52. The van der Waals surface area contributed by atoms with Crippen LogP contribution in [0.15, 0.2) is 12.3 Å². The number of rotatable bonds is 3. The summed E-state index contributed by atoms with van der Waals surface area (Å²) in [5.41, 5.74) is 0. The molecule has 2 atom stereocenters. The maximum atomic E-state index is 11.8. The summed E-state index contributed by atoms with van der Waals surface area (Å²) < 4.78 is 0. The van der Waals surface area contributed by atoms with Crippen LogP contribution in [0.2, 0.25) is 0 Å². The fraction of sp³-hybridized carbons (Fsp3) is 0.750. The van der Waals surface area contributed by atoms with E-state index in [-0.39, 0.29) is 11.8 Å². The highest BCUT2D eigenvalue weighted by atomic mass is 16.2. The molecule has 0 aromatic heterocycles. The lowest BCUT2D eigenvalue weighted by molar-refractivity contribution is -0.134. The second-order valence-corrected chi connectivity index (χ2v) is 4.70. The number of carbonyl (C=O) groups excluding carboxylic acids is 1. The van der Waals surface area contributed by atoms with E-state index >= 15 is 0 Å². The smallest absolute Gasteiger partial charge is 0.229 e. The highest BCUT2D eigenvalue weighted by Gasteiger charge is 2.26. The Bertz CT molecular complexity index is 232. The van der Waals surface area contributed by atoms with Crippen LogP contribution in [0.5, 0.6) is 0 Å². The number of nitrogens with zero attached hydrogens (tertiary/aromatic N) is 1. The number of hydrogen-bond donors (Lipinski definition) is 0. The van der Waals surface area contributed by atoms with Crippen LogP contribution < -0.4 is 0 Å². The molecule has 0 radical (unpaired) electrons. The highest BCUT2D eigenvalue weighted by molar-refractivity contribution is 5.81. The van der Waals surface area contributed by atoms with Gasteiger partial charge >= 0.3 is 0 Å². The first kappa shape index (κ1) is 11.3. The topological polar surface area (TPSA) is 20.3 Å². The Morgan fingerprint density at radius 2 is 2.07 bits per heavy atom. The molecule has 1 aliphatic heterocycles. The first-order valence-corrected chi connectivity index (χ1v) is 5.51. The molecule has 0 saturated carbocycles. The van der Waals surface area contributed by atoms with Crippen LogP contribution in [0.1, 0.15) is 34.1 Å². The highest BCUT2D eigenvalue weighted by Crippen LogP contribution is 2.21. The van der Waals surface area contributed by atoms with E-state index in [1.54, 1.807) is 0 Å². The van der Waals surface area contributed by atoms with Crippen LogP contribution in [0.3, 0.4) is 0 Å². The van der Waals surface area contributed by atoms with E-state index in [4.69, 9.17) is 0 Å². The molecule has 1 amide bonds. The minimum atomic E-state index is 0.146. The summed E-state index contributed by atoms with van der Waals surface area (Å²) >= 11 is 0. The van der Waals surface area contributed by atoms with Gasteiger partial charge < -0.3 is 4.90 Å². The lowest BCUT2D eigenvalue weighted by Crippen LogP contribution is -2.37. The molecule has 0 fully saturated rings. The molecule has 0 spiro atoms. The third kappa shape index (κ3) is 2.60. The fourth-order valence-corrected chi connectivity index (χ4v) is 1.55. The number of amides is 1. The lowest BCUT2D eigenvalue weighted by atomic mass is 9.92. The Kier molecular flexibility index (Phi) is 3.73. The molecule has 0 saturated heterocycles. The molecule has 0 aliphatic carbocycles. The van der Waals surface area contributed by atoms with Crippen molar-refractivity contribution in [3.8, 4) is 0 Å². The van der Waals surface area contributed by atoms with Crippen molar-refractivity contribution in [3.05, 3.63) is 12.3 Å². The predicted octanol–water partition coefficient (Wildman–Crippen LogP) is 2.66. The van der Waals surface area contributed by atoms with Crippen molar-refractivity contribution in [2.75, 3.05) is 6.54 Å². The van der Waals surface area contributed by atoms with Crippen LogP contribution in [0.4, 0.5) is 0 Å². The zero-order chi connectivity index (χ0) is 10.7. The Morgan fingerprint density at radius 3 is 2.64 bits per heavy atom. The molecule has 1 rings (SSSR count). The molecule has 2 heteroatoms. The standard InChI is InChI=1S/C12H21NO/c1-9(2)5-7-13-8-6-10(3)11(4)12(13)14/h6,8-11H,5,7H2,1-4H3. The van der Waals surface area contributed by atoms with Gasteiger partial charge in [0.05, 0.1) is 0 Å². The molecule has 80 valence electrons. The molecular weight excluding hydrogens is 174 g/mol. The summed E-state index contributed by atoms with van der Waals surface area (Å²) in [4.78, 5) is 13.7. The van der Waals surface area contributed by atoms with Gasteiger partial charge in [0.25, 0.3) is 0 Å². The Balaban J connectivity index is 2.54. The summed E-state index contributed by atoms with van der Waals surface area (Å²) in [6.45, 7) is 9.34. The molecule has 2 unspecified atom stereocenters. The van der Waals surface area contributed by atoms with E-state index in [0.717, 1.165) is 13.0 Å². The van der Waals surface area contributed by atoms with Crippen LogP contribution >= 0.6 is 0 Å². The maximum Gasteiger partial charge on any atom is 0.229 e. The quantitative estimate of drug-likeness (QED) is 0.678. The number of allylic oxidation sites excluding steroid dienone is 1. The third-order valence-electron chi connectivity index (χ3n) is 2.98. The summed E-state index contributed by atoms with van der Waals surface area (Å²) in [6, 6.07) is 0. The summed E-state index contributed by atoms with van der Waals surface area (Å²) in [7, 11) is 0. The van der Waals surface area contributed by atoms with Gasteiger partial charge in [0.15, 0.2) is 0 Å². The Hall–Kier alpha value is -0.790. The molecule has 14 heavy (non-hydrogen) atoms. The SMILES string of the molecule is CC(C)CCN1C=CC(C)C(C)C1=O. The van der Waals surface area contributed by atoms with E-state index in [2.05, 4.69) is 26.8 Å². The molecule has 0 aromatic rings. The molecule has 2 nitrogen and oxygen atoms in total. The van der Waals surface area contributed by atoms with Crippen LogP contribution in [-0.4, -0.2) is 17.4 Å². The average Bonchev–Trinajstić information content (AvgIpc) is 2.13. The monoisotopic (exact) mass is 195 g/mol. The van der Waals surface area contributed by atoms with Gasteiger partial charge in [0, 0.05) is 18.7 Å². The number of carbonyl (C=O) groups is 1. The van der Waals surface area contributed by atoms with Crippen molar-refractivity contribution >= 4 is 5.91 Å². The summed E-state index contributed by atoms with van der Waals surface area (Å²) in [5.74, 6) is 1.47. The third-order valence-corrected chi connectivity index (χ3v) is 2.98. The van der Waals surface area contributed by atoms with Gasteiger partial charge in [-0.25, -0.2) is 0 Å². The van der Waals surface area contributed by atoms with Crippen LogP contribution in [0.25, 0.3) is 0 Å². The van der Waals surface area contributed by atoms with E-state index in [1.807, 2.05) is 18.0 Å². The number of hydrogen-bond acceptors (Lipinski definition) is 1. The summed E-state index contributed by atoms with van der Waals surface area (Å²) in [5, 5.41) is 0. The van der Waals surface area contributed by atoms with Crippen molar-refractivity contribution in [2.24, 2.45) is 17.8 Å². The second-order valence-electron chi connectivity index (χ2n) is 4.70. The van der Waals surface area contributed by atoms with Crippen molar-refractivity contribution in [1.82, 2.24) is 4.90 Å². The van der Waals surface area contributed by atoms with Gasteiger partial charge in [-0.3, -0.25) is 4.79 Å². The van der Waals surface area contributed by atoms with Crippen LogP contribution in [0, 0.1) is 17.8 Å². The molecule has 1 heterocycles. The zero-order valence-corrected chi connectivity index (χ0v) is 9.66. The van der Waals surface area contributed by atoms with Gasteiger partial charge in [-0.15, -0.1) is 0 Å². The minimum absolute atomic E-state index is 0.146. The fourth-order valence-electron chi connectivity index (χ4n) is 1.55. The van der Waals surface area contributed by atoms with Crippen LogP contribution in [-0.2, 0) is 4.79 Å². The van der Waals surface area contributed by atoms with Gasteiger partial charge in [0.2, 0.25) is 5.91 Å². The Labute approximate surface area is 87.0 Å². The normalized spacial score (nSPS) is 27.5. The zero-order valence-electron chi connectivity index (χ0n) is 9.66. The van der Waals surface area contributed by atoms with E-state index in [9.17, 15) is 4.79 Å². The average molecular weight is 195 g/mol. The molecule has 0 aromatic carbocycles.